The zero-order valence-corrected chi connectivity index (χ0v) is 20.5. The Labute approximate surface area is 204 Å². The van der Waals surface area contributed by atoms with Gasteiger partial charge in [-0.05, 0) is 43.3 Å². The van der Waals surface area contributed by atoms with Crippen LogP contribution in [0.1, 0.15) is 27.6 Å². The molecule has 1 heterocycles. The highest BCUT2D eigenvalue weighted by atomic mass is 16.5. The number of anilines is 1. The maximum Gasteiger partial charge on any atom is 0.257 e. The number of ketones is 1. The topological polar surface area (TPSA) is 94.9 Å². The van der Waals surface area contributed by atoms with Crippen LogP contribution in [0.3, 0.4) is 0 Å². The van der Waals surface area contributed by atoms with E-state index in [4.69, 9.17) is 14.2 Å². The van der Waals surface area contributed by atoms with Crippen LogP contribution < -0.4 is 14.8 Å². The van der Waals surface area contributed by atoms with E-state index in [1.807, 2.05) is 21.0 Å². The van der Waals surface area contributed by atoms with Gasteiger partial charge in [0.15, 0.2) is 11.6 Å². The lowest BCUT2D eigenvalue weighted by molar-refractivity contribution is 0.0915. The second-order valence-electron chi connectivity index (χ2n) is 8.18. The molecule has 0 radical (unpaired) electrons. The fraction of sp³-hybridized carbons (Fsp3) is 0.269. The number of aromatic nitrogens is 2. The van der Waals surface area contributed by atoms with Crippen LogP contribution in [0.4, 0.5) is 5.82 Å². The molecular weight excluding hydrogens is 448 g/mol. The molecule has 1 atom stereocenters. The molecule has 0 saturated heterocycles. The van der Waals surface area contributed by atoms with E-state index in [0.717, 1.165) is 0 Å². The number of ether oxygens (including phenoxy) is 3. The van der Waals surface area contributed by atoms with Crippen LogP contribution in [0.2, 0.25) is 0 Å². The summed E-state index contributed by atoms with van der Waals surface area (Å²) in [5, 5.41) is 6.94. The number of allylic oxidation sites excluding steroid dienone is 1. The summed E-state index contributed by atoms with van der Waals surface area (Å²) in [6.07, 6.45) is 4.70. The molecule has 3 rings (SSSR count). The maximum atomic E-state index is 12.9. The average molecular weight is 479 g/mol. The molecule has 184 valence electrons. The molecule has 35 heavy (non-hydrogen) atoms. The van der Waals surface area contributed by atoms with Crippen molar-refractivity contribution < 1.29 is 23.8 Å². The van der Waals surface area contributed by atoms with E-state index in [2.05, 4.69) is 10.4 Å². The summed E-state index contributed by atoms with van der Waals surface area (Å²) < 4.78 is 18.6. The Morgan fingerprint density at radius 3 is 2.40 bits per heavy atom. The molecular formula is C26H30N4O5. The van der Waals surface area contributed by atoms with E-state index < -0.39 is 0 Å². The number of amides is 1. The van der Waals surface area contributed by atoms with Crippen LogP contribution >= 0.6 is 0 Å². The Balaban J connectivity index is 1.82. The van der Waals surface area contributed by atoms with Crippen molar-refractivity contribution in [2.75, 3.05) is 33.1 Å². The third-order valence-electron chi connectivity index (χ3n) is 4.73. The molecule has 0 aliphatic rings. The number of rotatable bonds is 11. The molecule has 9 nitrogen and oxygen atoms in total. The summed E-state index contributed by atoms with van der Waals surface area (Å²) in [7, 11) is 7.05. The second-order valence-corrected chi connectivity index (χ2v) is 8.18. The lowest BCUT2D eigenvalue weighted by Crippen LogP contribution is -2.18. The first-order valence-corrected chi connectivity index (χ1v) is 11.0. The van der Waals surface area contributed by atoms with Gasteiger partial charge in [-0.25, -0.2) is 0 Å². The highest BCUT2D eigenvalue weighted by molar-refractivity contribution is 6.05. The molecule has 0 aliphatic carbocycles. The largest absolute Gasteiger partial charge is 0.488 e. The summed E-state index contributed by atoms with van der Waals surface area (Å²) in [5.41, 5.74) is 0.879. The fourth-order valence-corrected chi connectivity index (χ4v) is 3.14. The minimum absolute atomic E-state index is 0.110. The number of benzene rings is 2. The SMILES string of the molecule is COC[C@H](C)Oc1cc(Oc2ccc(C(=O)/C=C/N(C)C)cc2)cc(C(=O)Nc2ccn(C)n2)c1. The Kier molecular flexibility index (Phi) is 8.63. The number of nitrogens with one attached hydrogen (secondary N) is 1. The first-order valence-electron chi connectivity index (χ1n) is 11.0. The Hall–Kier alpha value is -4.11. The van der Waals surface area contributed by atoms with E-state index in [-0.39, 0.29) is 17.8 Å². The van der Waals surface area contributed by atoms with E-state index in [0.29, 0.717) is 40.8 Å². The van der Waals surface area contributed by atoms with Crippen molar-refractivity contribution in [1.82, 2.24) is 14.7 Å². The van der Waals surface area contributed by atoms with Crippen molar-refractivity contribution in [3.05, 3.63) is 78.1 Å². The molecule has 2 aromatic carbocycles. The molecule has 0 spiro atoms. The maximum absolute atomic E-state index is 12.9. The third-order valence-corrected chi connectivity index (χ3v) is 4.73. The first-order chi connectivity index (χ1) is 16.7. The Morgan fingerprint density at radius 2 is 1.77 bits per heavy atom. The van der Waals surface area contributed by atoms with Gasteiger partial charge in [0.2, 0.25) is 0 Å². The molecule has 1 amide bonds. The van der Waals surface area contributed by atoms with Gasteiger partial charge in [0.05, 0.1) is 6.61 Å². The first kappa shape index (κ1) is 25.5. The lowest BCUT2D eigenvalue weighted by Gasteiger charge is -2.16. The van der Waals surface area contributed by atoms with Gasteiger partial charge in [0.25, 0.3) is 5.91 Å². The van der Waals surface area contributed by atoms with Crippen molar-refractivity contribution in [1.29, 1.82) is 0 Å². The second kappa shape index (κ2) is 11.8. The summed E-state index contributed by atoms with van der Waals surface area (Å²) in [4.78, 5) is 26.9. The Morgan fingerprint density at radius 1 is 1.06 bits per heavy atom. The number of hydrogen-bond donors (Lipinski definition) is 1. The van der Waals surface area contributed by atoms with E-state index in [9.17, 15) is 9.59 Å². The number of aryl methyl sites for hydroxylation is 1. The van der Waals surface area contributed by atoms with Gasteiger partial charge in [-0.15, -0.1) is 0 Å². The number of carbonyl (C=O) groups is 2. The average Bonchev–Trinajstić information content (AvgIpc) is 3.22. The highest BCUT2D eigenvalue weighted by Crippen LogP contribution is 2.29. The quantitative estimate of drug-likeness (QED) is 0.327. The van der Waals surface area contributed by atoms with Crippen LogP contribution in [0.15, 0.2) is 67.0 Å². The standard InChI is InChI=1S/C26H30N4O5/c1-18(17-33-5)34-22-14-20(26(32)27-25-11-13-30(4)28-25)15-23(16-22)35-21-8-6-19(7-9-21)24(31)10-12-29(2)3/h6-16,18H,17H2,1-5H3,(H,27,28,32)/b12-10+/t18-/m0/s1. The predicted molar refractivity (Wildman–Crippen MR) is 133 cm³/mol. The van der Waals surface area contributed by atoms with Gasteiger partial charge in [-0.1, -0.05) is 0 Å². The summed E-state index contributed by atoms with van der Waals surface area (Å²) in [5.74, 6) is 1.34. The van der Waals surface area contributed by atoms with Gasteiger partial charge < -0.3 is 24.4 Å². The fourth-order valence-electron chi connectivity index (χ4n) is 3.14. The van der Waals surface area contributed by atoms with Crippen molar-refractivity contribution in [2.45, 2.75) is 13.0 Å². The molecule has 3 aromatic rings. The molecule has 9 heteroatoms. The predicted octanol–water partition coefficient (Wildman–Crippen LogP) is 4.14. The van der Waals surface area contributed by atoms with E-state index in [1.165, 1.54) is 6.08 Å². The summed E-state index contributed by atoms with van der Waals surface area (Å²) in [6.45, 7) is 2.25. The molecule has 0 saturated carbocycles. The lowest BCUT2D eigenvalue weighted by atomic mass is 10.1. The Bertz CT molecular complexity index is 1180. The third kappa shape index (κ3) is 7.72. The molecule has 0 aliphatic heterocycles. The summed E-state index contributed by atoms with van der Waals surface area (Å²) in [6, 6.07) is 13.4. The zero-order chi connectivity index (χ0) is 25.4. The number of carbonyl (C=O) groups excluding carboxylic acids is 2. The molecule has 0 unspecified atom stereocenters. The number of nitrogens with zero attached hydrogens (tertiary/aromatic N) is 3. The molecule has 0 fully saturated rings. The smallest absolute Gasteiger partial charge is 0.257 e. The molecule has 1 aromatic heterocycles. The monoisotopic (exact) mass is 478 g/mol. The van der Waals surface area contributed by atoms with Crippen molar-refractivity contribution >= 4 is 17.5 Å². The van der Waals surface area contributed by atoms with Crippen LogP contribution in [-0.2, 0) is 11.8 Å². The van der Waals surface area contributed by atoms with Crippen molar-refractivity contribution in [3.63, 3.8) is 0 Å². The van der Waals surface area contributed by atoms with Crippen molar-refractivity contribution in [2.24, 2.45) is 7.05 Å². The van der Waals surface area contributed by atoms with Gasteiger partial charge in [-0.3, -0.25) is 14.3 Å². The zero-order valence-electron chi connectivity index (χ0n) is 20.5. The minimum atomic E-state index is -0.355. The van der Waals surface area contributed by atoms with Crippen molar-refractivity contribution in [3.8, 4) is 17.2 Å². The summed E-state index contributed by atoms with van der Waals surface area (Å²) >= 11 is 0. The number of methoxy groups -OCH3 is 1. The highest BCUT2D eigenvalue weighted by Gasteiger charge is 2.14. The molecule has 0 bridgehead atoms. The van der Waals surface area contributed by atoms with E-state index in [1.54, 1.807) is 84.7 Å². The van der Waals surface area contributed by atoms with E-state index >= 15 is 0 Å². The number of hydrogen-bond acceptors (Lipinski definition) is 7. The van der Waals surface area contributed by atoms with Crippen LogP contribution in [0.5, 0.6) is 17.2 Å². The van der Waals surface area contributed by atoms with Crippen LogP contribution in [-0.4, -0.2) is 60.3 Å². The minimum Gasteiger partial charge on any atom is -0.488 e. The normalized spacial score (nSPS) is 11.8. The van der Waals surface area contributed by atoms with Gasteiger partial charge >= 0.3 is 0 Å². The van der Waals surface area contributed by atoms with Crippen LogP contribution in [0.25, 0.3) is 0 Å². The van der Waals surface area contributed by atoms with Gasteiger partial charge in [0, 0.05) is 70.0 Å². The van der Waals surface area contributed by atoms with Crippen LogP contribution in [0, 0.1) is 0 Å². The van der Waals surface area contributed by atoms with Gasteiger partial charge in [-0.2, -0.15) is 5.10 Å². The van der Waals surface area contributed by atoms with Gasteiger partial charge in [0.1, 0.15) is 23.4 Å². The molecule has 1 N–H and O–H groups in total.